The zero-order valence-electron chi connectivity index (χ0n) is 14.5. The van der Waals surface area contributed by atoms with Crippen LogP contribution in [-0.2, 0) is 0 Å². The number of rotatable bonds is 4. The predicted octanol–water partition coefficient (Wildman–Crippen LogP) is 6.73. The Bertz CT molecular complexity index is 1020. The normalized spacial score (nSPS) is 10.8. The van der Waals surface area contributed by atoms with Crippen molar-refractivity contribution >= 4 is 23.2 Å². The Hall–Kier alpha value is -2.75. The van der Waals surface area contributed by atoms with E-state index in [0.717, 1.165) is 28.1 Å². The van der Waals surface area contributed by atoms with E-state index in [1.54, 1.807) is 19.2 Å². The van der Waals surface area contributed by atoms with E-state index in [0.29, 0.717) is 21.6 Å². The highest BCUT2D eigenvalue weighted by Gasteiger charge is 2.19. The van der Waals surface area contributed by atoms with E-state index in [-0.39, 0.29) is 0 Å². The molecule has 3 nitrogen and oxygen atoms in total. The van der Waals surface area contributed by atoms with Crippen LogP contribution in [0.5, 0.6) is 5.75 Å². The van der Waals surface area contributed by atoms with Crippen molar-refractivity contribution in [3.8, 4) is 39.7 Å². The average Bonchev–Trinajstić information content (AvgIpc) is 3.14. The summed E-state index contributed by atoms with van der Waals surface area (Å²) in [6.45, 7) is 0. The molecule has 0 bridgehead atoms. The Morgan fingerprint density at radius 1 is 0.852 bits per heavy atom. The SMILES string of the molecule is COc1c(Cl)cc(Cl)cc1-c1nc(-c2ccccc2)c(-c2ccccc2)[nH]1. The highest BCUT2D eigenvalue weighted by atomic mass is 35.5. The Labute approximate surface area is 167 Å². The summed E-state index contributed by atoms with van der Waals surface area (Å²) in [4.78, 5) is 8.30. The Balaban J connectivity index is 1.96. The summed E-state index contributed by atoms with van der Waals surface area (Å²) in [6.07, 6.45) is 0. The predicted molar refractivity (Wildman–Crippen MR) is 111 cm³/mol. The second kappa shape index (κ2) is 7.47. The molecule has 0 aliphatic carbocycles. The molecule has 0 aliphatic heterocycles. The van der Waals surface area contributed by atoms with Gasteiger partial charge >= 0.3 is 0 Å². The second-order valence-electron chi connectivity index (χ2n) is 6.01. The molecule has 1 heterocycles. The maximum absolute atomic E-state index is 6.31. The van der Waals surface area contributed by atoms with Crippen LogP contribution in [0.4, 0.5) is 0 Å². The summed E-state index contributed by atoms with van der Waals surface area (Å²) < 4.78 is 5.50. The minimum Gasteiger partial charge on any atom is -0.494 e. The quantitative estimate of drug-likeness (QED) is 0.416. The van der Waals surface area contributed by atoms with Crippen LogP contribution in [0.3, 0.4) is 0 Å². The molecule has 4 aromatic rings. The van der Waals surface area contributed by atoms with E-state index in [9.17, 15) is 0 Å². The number of aromatic nitrogens is 2. The third-order valence-electron chi connectivity index (χ3n) is 4.28. The number of halogens is 2. The van der Waals surface area contributed by atoms with Gasteiger partial charge in [0.1, 0.15) is 11.6 Å². The summed E-state index contributed by atoms with van der Waals surface area (Å²) in [6, 6.07) is 23.6. The molecule has 0 radical (unpaired) electrons. The second-order valence-corrected chi connectivity index (χ2v) is 6.85. The van der Waals surface area contributed by atoms with Crippen LogP contribution >= 0.6 is 23.2 Å². The summed E-state index contributed by atoms with van der Waals surface area (Å²) in [5.74, 6) is 1.18. The summed E-state index contributed by atoms with van der Waals surface area (Å²) >= 11 is 12.5. The van der Waals surface area contributed by atoms with Crippen LogP contribution < -0.4 is 4.74 Å². The molecule has 27 heavy (non-hydrogen) atoms. The smallest absolute Gasteiger partial charge is 0.148 e. The molecule has 3 aromatic carbocycles. The third-order valence-corrected chi connectivity index (χ3v) is 4.78. The number of hydrogen-bond donors (Lipinski definition) is 1. The summed E-state index contributed by atoms with van der Waals surface area (Å²) in [5.41, 5.74) is 4.56. The fourth-order valence-electron chi connectivity index (χ4n) is 3.06. The molecule has 0 spiro atoms. The van der Waals surface area contributed by atoms with Crippen LogP contribution in [0, 0.1) is 0 Å². The van der Waals surface area contributed by atoms with Gasteiger partial charge in [-0.1, -0.05) is 83.9 Å². The summed E-state index contributed by atoms with van der Waals surface area (Å²) in [5, 5.41) is 0.966. The van der Waals surface area contributed by atoms with Crippen molar-refractivity contribution in [1.29, 1.82) is 0 Å². The van der Waals surface area contributed by atoms with Crippen LogP contribution in [0.2, 0.25) is 10.0 Å². The number of nitrogens with zero attached hydrogens (tertiary/aromatic N) is 1. The van der Waals surface area contributed by atoms with Crippen LogP contribution in [-0.4, -0.2) is 17.1 Å². The van der Waals surface area contributed by atoms with E-state index in [4.69, 9.17) is 32.9 Å². The first-order valence-corrected chi connectivity index (χ1v) is 9.17. The number of benzene rings is 3. The molecule has 0 fully saturated rings. The third kappa shape index (κ3) is 3.44. The zero-order chi connectivity index (χ0) is 18.8. The molecule has 0 aliphatic rings. The molecule has 0 unspecified atom stereocenters. The van der Waals surface area contributed by atoms with Gasteiger partial charge in [-0.3, -0.25) is 0 Å². The lowest BCUT2D eigenvalue weighted by atomic mass is 10.1. The fraction of sp³-hybridized carbons (Fsp3) is 0.0455. The van der Waals surface area contributed by atoms with Gasteiger partial charge < -0.3 is 9.72 Å². The number of H-pyrrole nitrogens is 1. The van der Waals surface area contributed by atoms with Gasteiger partial charge in [0, 0.05) is 16.1 Å². The Morgan fingerprint density at radius 2 is 1.48 bits per heavy atom. The van der Waals surface area contributed by atoms with Gasteiger partial charge in [-0.05, 0) is 12.1 Å². The van der Waals surface area contributed by atoms with Crippen molar-refractivity contribution in [1.82, 2.24) is 9.97 Å². The number of imidazole rings is 1. The molecule has 0 atom stereocenters. The topological polar surface area (TPSA) is 37.9 Å². The zero-order valence-corrected chi connectivity index (χ0v) is 16.1. The van der Waals surface area contributed by atoms with E-state index in [1.165, 1.54) is 0 Å². The lowest BCUT2D eigenvalue weighted by Crippen LogP contribution is -1.91. The first-order chi connectivity index (χ1) is 13.2. The maximum atomic E-state index is 6.31. The minimum absolute atomic E-state index is 0.443. The molecular weight excluding hydrogens is 379 g/mol. The molecule has 1 N–H and O–H groups in total. The van der Waals surface area contributed by atoms with Crippen LogP contribution in [0.25, 0.3) is 33.9 Å². The van der Waals surface area contributed by atoms with Crippen molar-refractivity contribution in [2.24, 2.45) is 0 Å². The molecule has 4 rings (SSSR count). The van der Waals surface area contributed by atoms with Crippen molar-refractivity contribution < 1.29 is 4.74 Å². The van der Waals surface area contributed by atoms with E-state index in [1.807, 2.05) is 60.7 Å². The van der Waals surface area contributed by atoms with Crippen molar-refractivity contribution in [2.45, 2.75) is 0 Å². The molecule has 0 saturated heterocycles. The van der Waals surface area contributed by atoms with E-state index in [2.05, 4.69) is 4.98 Å². The maximum Gasteiger partial charge on any atom is 0.148 e. The van der Waals surface area contributed by atoms with Gasteiger partial charge in [-0.2, -0.15) is 0 Å². The van der Waals surface area contributed by atoms with Gasteiger partial charge in [0.15, 0.2) is 0 Å². The number of aromatic amines is 1. The molecular formula is C22H16Cl2N2O. The first kappa shape index (κ1) is 17.7. The monoisotopic (exact) mass is 394 g/mol. The Kier molecular flexibility index (Phi) is 4.88. The molecule has 0 amide bonds. The number of nitrogens with one attached hydrogen (secondary N) is 1. The van der Waals surface area contributed by atoms with Gasteiger partial charge in [0.2, 0.25) is 0 Å². The van der Waals surface area contributed by atoms with E-state index < -0.39 is 0 Å². The van der Waals surface area contributed by atoms with Crippen molar-refractivity contribution in [3.63, 3.8) is 0 Å². The van der Waals surface area contributed by atoms with Crippen molar-refractivity contribution in [2.75, 3.05) is 7.11 Å². The van der Waals surface area contributed by atoms with Crippen LogP contribution in [0.15, 0.2) is 72.8 Å². The first-order valence-electron chi connectivity index (χ1n) is 8.41. The lowest BCUT2D eigenvalue weighted by Gasteiger charge is -2.09. The average molecular weight is 395 g/mol. The molecule has 134 valence electrons. The highest BCUT2D eigenvalue weighted by molar-refractivity contribution is 6.36. The van der Waals surface area contributed by atoms with Gasteiger partial charge in [0.05, 0.1) is 29.1 Å². The fourth-order valence-corrected chi connectivity index (χ4v) is 3.63. The number of methoxy groups -OCH3 is 1. The molecule has 5 heteroatoms. The molecule has 1 aromatic heterocycles. The van der Waals surface area contributed by atoms with Gasteiger partial charge in [0.25, 0.3) is 0 Å². The van der Waals surface area contributed by atoms with Crippen molar-refractivity contribution in [3.05, 3.63) is 82.8 Å². The van der Waals surface area contributed by atoms with E-state index >= 15 is 0 Å². The molecule has 0 saturated carbocycles. The highest BCUT2D eigenvalue weighted by Crippen LogP contribution is 2.40. The summed E-state index contributed by atoms with van der Waals surface area (Å²) in [7, 11) is 1.58. The van der Waals surface area contributed by atoms with Gasteiger partial charge in [-0.25, -0.2) is 4.98 Å². The number of hydrogen-bond acceptors (Lipinski definition) is 2. The van der Waals surface area contributed by atoms with Crippen LogP contribution in [0.1, 0.15) is 0 Å². The minimum atomic E-state index is 0.443. The lowest BCUT2D eigenvalue weighted by molar-refractivity contribution is 0.416. The van der Waals surface area contributed by atoms with Gasteiger partial charge in [-0.15, -0.1) is 0 Å². The largest absolute Gasteiger partial charge is 0.494 e. The number of ether oxygens (including phenoxy) is 1. The standard InChI is InChI=1S/C22H16Cl2N2O/c1-27-21-17(12-16(23)13-18(21)24)22-25-19(14-8-4-2-5-9-14)20(26-22)15-10-6-3-7-11-15/h2-13H,1H3,(H,25,26). The Morgan fingerprint density at radius 3 is 2.11 bits per heavy atom.